The van der Waals surface area contributed by atoms with Crippen LogP contribution in [0.15, 0.2) is 0 Å². The van der Waals surface area contributed by atoms with Crippen molar-refractivity contribution < 1.29 is 14.7 Å². The van der Waals surface area contributed by atoms with Crippen LogP contribution in [0.5, 0.6) is 0 Å². The maximum atomic E-state index is 11.2. The molecule has 5 nitrogen and oxygen atoms in total. The highest BCUT2D eigenvalue weighted by molar-refractivity contribution is 5.79. The predicted molar refractivity (Wildman–Crippen MR) is 70.9 cm³/mol. The van der Waals surface area contributed by atoms with Gasteiger partial charge in [0.25, 0.3) is 0 Å². The molecule has 1 amide bonds. The first-order chi connectivity index (χ1) is 8.49. The minimum atomic E-state index is -1.08. The van der Waals surface area contributed by atoms with Crippen molar-refractivity contribution >= 4 is 11.9 Å². The second-order valence-corrected chi connectivity index (χ2v) is 4.84. The summed E-state index contributed by atoms with van der Waals surface area (Å²) >= 11 is 0. The lowest BCUT2D eigenvalue weighted by Gasteiger charge is -2.15. The third-order valence-electron chi connectivity index (χ3n) is 3.16. The standard InChI is InChI=1S/C13H26N2O3/c1-2-3-4-5-6-7-8-10(12(15)16)9-11(14)13(17)18/h10-11H,2-9,14H2,1H3,(H2,15,16)(H,17,18)/t10?,11-/m0/s1. The van der Waals surface area contributed by atoms with E-state index in [1.54, 1.807) is 0 Å². The van der Waals surface area contributed by atoms with Gasteiger partial charge >= 0.3 is 5.97 Å². The van der Waals surface area contributed by atoms with Crippen molar-refractivity contribution in [2.45, 2.75) is 64.3 Å². The van der Waals surface area contributed by atoms with Gasteiger partial charge in [-0.2, -0.15) is 0 Å². The smallest absolute Gasteiger partial charge is 0.320 e. The van der Waals surface area contributed by atoms with E-state index in [0.717, 1.165) is 19.3 Å². The Kier molecular flexibility index (Phi) is 9.28. The monoisotopic (exact) mass is 258 g/mol. The lowest BCUT2D eigenvalue weighted by molar-refractivity contribution is -0.139. The van der Waals surface area contributed by atoms with Crippen LogP contribution in [-0.4, -0.2) is 23.0 Å². The molecular weight excluding hydrogens is 232 g/mol. The van der Waals surface area contributed by atoms with Gasteiger partial charge in [0.15, 0.2) is 0 Å². The minimum absolute atomic E-state index is 0.139. The minimum Gasteiger partial charge on any atom is -0.480 e. The number of carboxylic acid groups (broad SMARTS) is 1. The van der Waals surface area contributed by atoms with Gasteiger partial charge in [-0.15, -0.1) is 0 Å². The van der Waals surface area contributed by atoms with Crippen LogP contribution in [0, 0.1) is 5.92 Å². The number of unbranched alkanes of at least 4 members (excludes halogenated alkanes) is 5. The quantitative estimate of drug-likeness (QED) is 0.490. The normalized spacial score (nSPS) is 14.1. The Labute approximate surface area is 109 Å². The maximum Gasteiger partial charge on any atom is 0.320 e. The first kappa shape index (κ1) is 16.9. The van der Waals surface area contributed by atoms with Crippen molar-refractivity contribution in [1.29, 1.82) is 0 Å². The van der Waals surface area contributed by atoms with Crippen molar-refractivity contribution in [3.05, 3.63) is 0 Å². The average molecular weight is 258 g/mol. The molecule has 0 rings (SSSR count). The Morgan fingerprint density at radius 2 is 1.67 bits per heavy atom. The van der Waals surface area contributed by atoms with Gasteiger partial charge in [-0.1, -0.05) is 45.4 Å². The molecule has 0 spiro atoms. The number of aliphatic carboxylic acids is 1. The van der Waals surface area contributed by atoms with E-state index in [1.807, 2.05) is 0 Å². The molecule has 0 bridgehead atoms. The van der Waals surface area contributed by atoms with E-state index < -0.39 is 23.8 Å². The molecule has 0 saturated carbocycles. The molecule has 5 N–H and O–H groups in total. The van der Waals surface area contributed by atoms with Crippen LogP contribution < -0.4 is 11.5 Å². The number of nitrogens with two attached hydrogens (primary N) is 2. The molecule has 106 valence electrons. The molecule has 0 radical (unpaired) electrons. The average Bonchev–Trinajstić information content (AvgIpc) is 2.31. The SMILES string of the molecule is CCCCCCCCC(C[C@H](N)C(=O)O)C(N)=O. The number of hydrogen-bond acceptors (Lipinski definition) is 3. The molecule has 1 unspecified atom stereocenters. The van der Waals surface area contributed by atoms with Crippen LogP contribution in [0.3, 0.4) is 0 Å². The summed E-state index contributed by atoms with van der Waals surface area (Å²) < 4.78 is 0. The van der Waals surface area contributed by atoms with E-state index in [4.69, 9.17) is 16.6 Å². The van der Waals surface area contributed by atoms with Crippen molar-refractivity contribution in [2.75, 3.05) is 0 Å². The van der Waals surface area contributed by atoms with Crippen LogP contribution >= 0.6 is 0 Å². The fourth-order valence-electron chi connectivity index (χ4n) is 1.95. The van der Waals surface area contributed by atoms with E-state index in [2.05, 4.69) is 6.92 Å². The summed E-state index contributed by atoms with van der Waals surface area (Å²) in [6, 6.07) is -0.998. The molecule has 0 aromatic heterocycles. The predicted octanol–water partition coefficient (Wildman–Crippen LogP) is 1.64. The molecule has 18 heavy (non-hydrogen) atoms. The summed E-state index contributed by atoms with van der Waals surface area (Å²) in [6.07, 6.45) is 7.56. The number of carboxylic acids is 1. The van der Waals surface area contributed by atoms with Gasteiger partial charge in [-0.3, -0.25) is 9.59 Å². The van der Waals surface area contributed by atoms with E-state index in [1.165, 1.54) is 19.3 Å². The number of hydrogen-bond donors (Lipinski definition) is 3. The number of rotatable bonds is 11. The first-order valence-electron chi connectivity index (χ1n) is 6.76. The zero-order valence-corrected chi connectivity index (χ0v) is 11.2. The van der Waals surface area contributed by atoms with Crippen LogP contribution in [-0.2, 0) is 9.59 Å². The number of primary amides is 1. The number of carbonyl (C=O) groups is 2. The van der Waals surface area contributed by atoms with Crippen LogP contribution in [0.4, 0.5) is 0 Å². The zero-order valence-electron chi connectivity index (χ0n) is 11.2. The van der Waals surface area contributed by atoms with Crippen molar-refractivity contribution in [3.8, 4) is 0 Å². The lowest BCUT2D eigenvalue weighted by atomic mass is 9.93. The fourth-order valence-corrected chi connectivity index (χ4v) is 1.95. The summed E-state index contributed by atoms with van der Waals surface area (Å²) in [5.41, 5.74) is 10.7. The van der Waals surface area contributed by atoms with Gasteiger partial charge in [0.1, 0.15) is 6.04 Å². The number of amides is 1. The third-order valence-corrected chi connectivity index (χ3v) is 3.16. The largest absolute Gasteiger partial charge is 0.480 e. The van der Waals surface area contributed by atoms with Gasteiger partial charge in [0.2, 0.25) is 5.91 Å². The summed E-state index contributed by atoms with van der Waals surface area (Å²) in [5.74, 6) is -1.94. The Bertz CT molecular complexity index is 257. The van der Waals surface area contributed by atoms with E-state index in [-0.39, 0.29) is 6.42 Å². The summed E-state index contributed by atoms with van der Waals surface area (Å²) in [4.78, 5) is 21.8. The van der Waals surface area contributed by atoms with E-state index in [0.29, 0.717) is 6.42 Å². The Hall–Kier alpha value is -1.10. The van der Waals surface area contributed by atoms with Crippen LogP contribution in [0.1, 0.15) is 58.3 Å². The fraction of sp³-hybridized carbons (Fsp3) is 0.846. The van der Waals surface area contributed by atoms with Crippen LogP contribution in [0.25, 0.3) is 0 Å². The summed E-state index contributed by atoms with van der Waals surface area (Å²) in [6.45, 7) is 2.16. The summed E-state index contributed by atoms with van der Waals surface area (Å²) in [5, 5.41) is 8.70. The second-order valence-electron chi connectivity index (χ2n) is 4.84. The molecule has 0 aliphatic heterocycles. The van der Waals surface area contributed by atoms with Gasteiger partial charge in [-0.25, -0.2) is 0 Å². The zero-order chi connectivity index (χ0) is 14.0. The molecule has 0 saturated heterocycles. The van der Waals surface area contributed by atoms with E-state index in [9.17, 15) is 9.59 Å². The first-order valence-corrected chi connectivity index (χ1v) is 6.76. The molecule has 0 aromatic rings. The summed E-state index contributed by atoms with van der Waals surface area (Å²) in [7, 11) is 0. The molecule has 0 aliphatic carbocycles. The van der Waals surface area contributed by atoms with Gasteiger partial charge in [0, 0.05) is 5.92 Å². The van der Waals surface area contributed by atoms with Crippen molar-refractivity contribution in [3.63, 3.8) is 0 Å². The molecule has 0 aromatic carbocycles. The Balaban J connectivity index is 3.84. The van der Waals surface area contributed by atoms with Crippen LogP contribution in [0.2, 0.25) is 0 Å². The van der Waals surface area contributed by atoms with Gasteiger partial charge in [0.05, 0.1) is 0 Å². The second kappa shape index (κ2) is 9.88. The molecule has 0 fully saturated rings. The highest BCUT2D eigenvalue weighted by Crippen LogP contribution is 2.16. The van der Waals surface area contributed by atoms with Gasteiger partial charge in [-0.05, 0) is 12.8 Å². The third kappa shape index (κ3) is 8.06. The molecule has 0 aliphatic rings. The Morgan fingerprint density at radius 3 is 2.17 bits per heavy atom. The highest BCUT2D eigenvalue weighted by Gasteiger charge is 2.22. The van der Waals surface area contributed by atoms with Gasteiger partial charge < -0.3 is 16.6 Å². The molecule has 2 atom stereocenters. The molecule has 0 heterocycles. The molecular formula is C13H26N2O3. The van der Waals surface area contributed by atoms with Crippen molar-refractivity contribution in [2.24, 2.45) is 17.4 Å². The van der Waals surface area contributed by atoms with Crippen molar-refractivity contribution in [1.82, 2.24) is 0 Å². The highest BCUT2D eigenvalue weighted by atomic mass is 16.4. The molecule has 5 heteroatoms. The lowest BCUT2D eigenvalue weighted by Crippen LogP contribution is -2.36. The Morgan fingerprint density at radius 1 is 1.11 bits per heavy atom. The van der Waals surface area contributed by atoms with E-state index >= 15 is 0 Å². The topological polar surface area (TPSA) is 106 Å². The maximum absolute atomic E-state index is 11.2. The number of carbonyl (C=O) groups excluding carboxylic acids is 1.